The van der Waals surface area contributed by atoms with E-state index in [2.05, 4.69) is 10.3 Å². The van der Waals surface area contributed by atoms with Gasteiger partial charge in [-0.3, -0.25) is 4.79 Å². The smallest absolute Gasteiger partial charge is 0.252 e. The minimum atomic E-state index is -0.540. The Kier molecular flexibility index (Phi) is 4.47. The number of amides is 1. The SMILES string of the molecule is CCOc1cc(N)cc(C(=O)NC(C)(C)c2nccs2)c1. The van der Waals surface area contributed by atoms with Crippen LogP contribution in [0.25, 0.3) is 0 Å². The van der Waals surface area contributed by atoms with E-state index >= 15 is 0 Å². The molecule has 112 valence electrons. The maximum absolute atomic E-state index is 12.4. The molecule has 1 aromatic carbocycles. The number of anilines is 1. The minimum absolute atomic E-state index is 0.205. The fraction of sp³-hybridized carbons (Fsp3) is 0.333. The number of thiazole rings is 1. The number of rotatable bonds is 5. The van der Waals surface area contributed by atoms with E-state index in [4.69, 9.17) is 10.5 Å². The number of hydrogen-bond acceptors (Lipinski definition) is 5. The molecule has 0 fully saturated rings. The Balaban J connectivity index is 2.20. The topological polar surface area (TPSA) is 77.2 Å². The van der Waals surface area contributed by atoms with Gasteiger partial charge in [-0.1, -0.05) is 0 Å². The van der Waals surface area contributed by atoms with Crippen LogP contribution in [0.1, 0.15) is 36.1 Å². The molecule has 2 aromatic rings. The monoisotopic (exact) mass is 305 g/mol. The normalized spacial score (nSPS) is 11.2. The van der Waals surface area contributed by atoms with Crippen LogP contribution in [0.4, 0.5) is 5.69 Å². The van der Waals surface area contributed by atoms with Crippen molar-refractivity contribution in [3.8, 4) is 5.75 Å². The summed E-state index contributed by atoms with van der Waals surface area (Å²) in [4.78, 5) is 16.7. The van der Waals surface area contributed by atoms with E-state index in [1.165, 1.54) is 11.3 Å². The lowest BCUT2D eigenvalue weighted by molar-refractivity contribution is 0.0911. The van der Waals surface area contributed by atoms with Crippen LogP contribution in [0.5, 0.6) is 5.75 Å². The van der Waals surface area contributed by atoms with Gasteiger partial charge >= 0.3 is 0 Å². The van der Waals surface area contributed by atoms with Gasteiger partial charge in [-0.15, -0.1) is 11.3 Å². The van der Waals surface area contributed by atoms with E-state index in [9.17, 15) is 4.79 Å². The third-order valence-corrected chi connectivity index (χ3v) is 3.99. The number of aromatic nitrogens is 1. The number of nitrogens with zero attached hydrogens (tertiary/aromatic N) is 1. The van der Waals surface area contributed by atoms with Gasteiger partial charge < -0.3 is 15.8 Å². The highest BCUT2D eigenvalue weighted by Crippen LogP contribution is 2.24. The fourth-order valence-electron chi connectivity index (χ4n) is 1.94. The van der Waals surface area contributed by atoms with Crippen LogP contribution in [0.2, 0.25) is 0 Å². The molecule has 0 bridgehead atoms. The lowest BCUT2D eigenvalue weighted by atomic mass is 10.1. The number of benzene rings is 1. The van der Waals surface area contributed by atoms with Crippen molar-refractivity contribution in [1.29, 1.82) is 0 Å². The predicted octanol–water partition coefficient (Wildman–Crippen LogP) is 2.79. The molecule has 6 heteroatoms. The fourth-order valence-corrected chi connectivity index (χ4v) is 2.66. The van der Waals surface area contributed by atoms with Gasteiger partial charge in [0.1, 0.15) is 10.8 Å². The first kappa shape index (κ1) is 15.3. The zero-order chi connectivity index (χ0) is 15.5. The lowest BCUT2D eigenvalue weighted by Crippen LogP contribution is -2.40. The van der Waals surface area contributed by atoms with Crippen molar-refractivity contribution in [3.63, 3.8) is 0 Å². The van der Waals surface area contributed by atoms with E-state index in [1.54, 1.807) is 24.4 Å². The van der Waals surface area contributed by atoms with E-state index in [1.807, 2.05) is 26.2 Å². The molecule has 5 nitrogen and oxygen atoms in total. The van der Waals surface area contributed by atoms with Gasteiger partial charge in [-0.2, -0.15) is 0 Å². The van der Waals surface area contributed by atoms with Gasteiger partial charge in [-0.05, 0) is 32.9 Å². The summed E-state index contributed by atoms with van der Waals surface area (Å²) < 4.78 is 5.41. The Labute approximate surface area is 128 Å². The Bertz CT molecular complexity index is 624. The first-order valence-corrected chi connectivity index (χ1v) is 7.56. The zero-order valence-corrected chi connectivity index (χ0v) is 13.2. The lowest BCUT2D eigenvalue weighted by Gasteiger charge is -2.24. The standard InChI is InChI=1S/C15H19N3O2S/c1-4-20-12-8-10(7-11(16)9-12)13(19)18-15(2,3)14-17-5-6-21-14/h5-9H,4,16H2,1-3H3,(H,18,19). The van der Waals surface area contributed by atoms with Crippen molar-refractivity contribution in [2.45, 2.75) is 26.3 Å². The maximum atomic E-state index is 12.4. The van der Waals surface area contributed by atoms with Crippen molar-refractivity contribution in [2.75, 3.05) is 12.3 Å². The molecule has 3 N–H and O–H groups in total. The molecule has 1 heterocycles. The summed E-state index contributed by atoms with van der Waals surface area (Å²) in [5, 5.41) is 5.71. The van der Waals surface area contributed by atoms with Gasteiger partial charge in [0.15, 0.2) is 0 Å². The van der Waals surface area contributed by atoms with E-state index < -0.39 is 5.54 Å². The summed E-state index contributed by atoms with van der Waals surface area (Å²) >= 11 is 1.51. The molecule has 2 rings (SSSR count). The number of nitrogens with two attached hydrogens (primary N) is 1. The van der Waals surface area contributed by atoms with Gasteiger partial charge in [0.25, 0.3) is 5.91 Å². The van der Waals surface area contributed by atoms with Gasteiger partial charge in [-0.25, -0.2) is 4.98 Å². The molecule has 0 saturated heterocycles. The number of ether oxygens (including phenoxy) is 1. The van der Waals surface area contributed by atoms with Crippen LogP contribution >= 0.6 is 11.3 Å². The van der Waals surface area contributed by atoms with Crippen molar-refractivity contribution in [3.05, 3.63) is 40.3 Å². The highest BCUT2D eigenvalue weighted by atomic mass is 32.1. The largest absolute Gasteiger partial charge is 0.494 e. The van der Waals surface area contributed by atoms with E-state index in [0.717, 1.165) is 5.01 Å². The number of hydrogen-bond donors (Lipinski definition) is 2. The second kappa shape index (κ2) is 6.13. The zero-order valence-electron chi connectivity index (χ0n) is 12.3. The van der Waals surface area contributed by atoms with Crippen LogP contribution in [0.15, 0.2) is 29.8 Å². The van der Waals surface area contributed by atoms with Crippen LogP contribution in [0, 0.1) is 0 Å². The average Bonchev–Trinajstić information content (AvgIpc) is 2.92. The highest BCUT2D eigenvalue weighted by molar-refractivity contribution is 7.09. The minimum Gasteiger partial charge on any atom is -0.494 e. The number of nitrogens with one attached hydrogen (secondary N) is 1. The third-order valence-electron chi connectivity index (χ3n) is 2.90. The molecular formula is C15H19N3O2S. The molecule has 1 aromatic heterocycles. The molecule has 0 saturated carbocycles. The molecule has 0 unspecified atom stereocenters. The predicted molar refractivity (Wildman–Crippen MR) is 84.6 cm³/mol. The first-order valence-electron chi connectivity index (χ1n) is 6.68. The summed E-state index contributed by atoms with van der Waals surface area (Å²) in [6.07, 6.45) is 1.72. The number of nitrogen functional groups attached to an aromatic ring is 1. The molecule has 0 atom stereocenters. The summed E-state index contributed by atoms with van der Waals surface area (Å²) in [5.74, 6) is 0.387. The third kappa shape index (κ3) is 3.72. The number of carbonyl (C=O) groups excluding carboxylic acids is 1. The Morgan fingerprint density at radius 1 is 1.43 bits per heavy atom. The summed E-state index contributed by atoms with van der Waals surface area (Å²) in [5.41, 5.74) is 6.25. The first-order chi connectivity index (χ1) is 9.92. The molecule has 0 radical (unpaired) electrons. The molecule has 21 heavy (non-hydrogen) atoms. The van der Waals surface area contributed by atoms with Crippen LogP contribution in [0.3, 0.4) is 0 Å². The van der Waals surface area contributed by atoms with Crippen LogP contribution < -0.4 is 15.8 Å². The summed E-state index contributed by atoms with van der Waals surface area (Å²) in [6, 6.07) is 5.02. The average molecular weight is 305 g/mol. The Morgan fingerprint density at radius 3 is 2.81 bits per heavy atom. The second-order valence-corrected chi connectivity index (χ2v) is 6.03. The molecule has 0 aliphatic heterocycles. The number of carbonyl (C=O) groups is 1. The molecular weight excluding hydrogens is 286 g/mol. The van der Waals surface area contributed by atoms with E-state index in [-0.39, 0.29) is 5.91 Å². The summed E-state index contributed by atoms with van der Waals surface area (Å²) in [7, 11) is 0. The molecule has 0 aliphatic carbocycles. The second-order valence-electron chi connectivity index (χ2n) is 5.14. The Hall–Kier alpha value is -2.08. The molecule has 0 spiro atoms. The van der Waals surface area contributed by atoms with Crippen molar-refractivity contribution in [2.24, 2.45) is 0 Å². The maximum Gasteiger partial charge on any atom is 0.252 e. The summed E-state index contributed by atoms with van der Waals surface area (Å²) in [6.45, 7) is 6.24. The van der Waals surface area contributed by atoms with Crippen molar-refractivity contribution in [1.82, 2.24) is 10.3 Å². The molecule has 0 aliphatic rings. The van der Waals surface area contributed by atoms with Gasteiger partial charge in [0.05, 0.1) is 12.1 Å². The van der Waals surface area contributed by atoms with Crippen molar-refractivity contribution >= 4 is 22.9 Å². The highest BCUT2D eigenvalue weighted by Gasteiger charge is 2.26. The molecule has 1 amide bonds. The van der Waals surface area contributed by atoms with Crippen LogP contribution in [-0.4, -0.2) is 17.5 Å². The van der Waals surface area contributed by atoms with Crippen molar-refractivity contribution < 1.29 is 9.53 Å². The quantitative estimate of drug-likeness (QED) is 0.833. The van der Waals surface area contributed by atoms with Gasteiger partial charge in [0, 0.05) is 28.9 Å². The van der Waals surface area contributed by atoms with Gasteiger partial charge in [0.2, 0.25) is 0 Å². The Morgan fingerprint density at radius 2 is 2.19 bits per heavy atom. The van der Waals surface area contributed by atoms with Crippen LogP contribution in [-0.2, 0) is 5.54 Å². The van der Waals surface area contributed by atoms with E-state index in [0.29, 0.717) is 23.6 Å².